The van der Waals surface area contributed by atoms with Crippen molar-refractivity contribution in [2.24, 2.45) is 5.92 Å². The van der Waals surface area contributed by atoms with Gasteiger partial charge in [0.1, 0.15) is 5.75 Å². The lowest BCUT2D eigenvalue weighted by Gasteiger charge is -2.19. The Morgan fingerprint density at radius 2 is 1.85 bits per heavy atom. The van der Waals surface area contributed by atoms with Gasteiger partial charge in [0.05, 0.1) is 15.1 Å². The van der Waals surface area contributed by atoms with Gasteiger partial charge in [0.2, 0.25) is 0 Å². The molecule has 0 aromatic heterocycles. The van der Waals surface area contributed by atoms with Gasteiger partial charge in [-0.05, 0) is 18.9 Å². The summed E-state index contributed by atoms with van der Waals surface area (Å²) < 4.78 is 5.30. The first-order chi connectivity index (χ1) is 9.35. The first-order valence-corrected chi connectivity index (χ1v) is 7.16. The van der Waals surface area contributed by atoms with Crippen LogP contribution >= 0.6 is 34.8 Å². The number of ether oxygens (including phenoxy) is 1. The molecule has 1 aromatic carbocycles. The molecule has 1 rings (SSSR count). The third-order valence-corrected chi connectivity index (χ3v) is 3.88. The fourth-order valence-corrected chi connectivity index (χ4v) is 1.95. The number of nitrogens with one attached hydrogen (secondary N) is 1. The second kappa shape index (κ2) is 7.93. The SMILES string of the molecule is CC(CO)C(C)NC(=O)COc1cc(Cl)c(Cl)cc1Cl. The van der Waals surface area contributed by atoms with Gasteiger partial charge in [0.15, 0.2) is 6.61 Å². The molecule has 4 nitrogen and oxygen atoms in total. The highest BCUT2D eigenvalue weighted by Gasteiger charge is 2.15. The van der Waals surface area contributed by atoms with Crippen molar-refractivity contribution in [1.82, 2.24) is 5.32 Å². The number of aliphatic hydroxyl groups excluding tert-OH is 1. The van der Waals surface area contributed by atoms with Crippen molar-refractivity contribution in [2.45, 2.75) is 19.9 Å². The van der Waals surface area contributed by atoms with Crippen LogP contribution in [0.2, 0.25) is 15.1 Å². The minimum Gasteiger partial charge on any atom is -0.482 e. The van der Waals surface area contributed by atoms with E-state index in [-0.39, 0.29) is 36.1 Å². The molecule has 0 aliphatic heterocycles. The summed E-state index contributed by atoms with van der Waals surface area (Å²) in [5, 5.41) is 12.6. The Morgan fingerprint density at radius 1 is 1.25 bits per heavy atom. The minimum absolute atomic E-state index is 0.000917. The lowest BCUT2D eigenvalue weighted by Crippen LogP contribution is -2.40. The summed E-state index contributed by atoms with van der Waals surface area (Å²) >= 11 is 17.6. The van der Waals surface area contributed by atoms with Gasteiger partial charge in [-0.2, -0.15) is 0 Å². The van der Waals surface area contributed by atoms with Gasteiger partial charge in [-0.3, -0.25) is 4.79 Å². The van der Waals surface area contributed by atoms with Crippen LogP contribution in [0, 0.1) is 5.92 Å². The van der Waals surface area contributed by atoms with E-state index in [1.807, 2.05) is 13.8 Å². The molecule has 2 unspecified atom stereocenters. The number of hydrogen-bond acceptors (Lipinski definition) is 3. The maximum Gasteiger partial charge on any atom is 0.258 e. The molecule has 0 aliphatic carbocycles. The zero-order chi connectivity index (χ0) is 15.3. The predicted molar refractivity (Wildman–Crippen MR) is 80.8 cm³/mol. The topological polar surface area (TPSA) is 58.6 Å². The summed E-state index contributed by atoms with van der Waals surface area (Å²) in [6.45, 7) is 3.45. The first-order valence-electron chi connectivity index (χ1n) is 6.02. The van der Waals surface area contributed by atoms with Crippen molar-refractivity contribution >= 4 is 40.7 Å². The van der Waals surface area contributed by atoms with E-state index < -0.39 is 0 Å². The molecule has 0 radical (unpaired) electrons. The van der Waals surface area contributed by atoms with Gasteiger partial charge in [0.25, 0.3) is 5.91 Å². The van der Waals surface area contributed by atoms with Crippen LogP contribution in [0.3, 0.4) is 0 Å². The molecule has 0 spiro atoms. The predicted octanol–water partition coefficient (Wildman–Crippen LogP) is 3.16. The van der Waals surface area contributed by atoms with Crippen LogP contribution in [0.15, 0.2) is 12.1 Å². The summed E-state index contributed by atoms with van der Waals surface area (Å²) in [6, 6.07) is 2.76. The molecule has 0 heterocycles. The molecule has 0 saturated carbocycles. The van der Waals surface area contributed by atoms with Crippen molar-refractivity contribution in [3.63, 3.8) is 0 Å². The Morgan fingerprint density at radius 3 is 2.45 bits per heavy atom. The van der Waals surface area contributed by atoms with E-state index in [1.54, 1.807) is 0 Å². The Hall–Kier alpha value is -0.680. The average molecular weight is 341 g/mol. The van der Waals surface area contributed by atoms with Crippen molar-refractivity contribution in [3.05, 3.63) is 27.2 Å². The van der Waals surface area contributed by atoms with Crippen LogP contribution in [0.4, 0.5) is 0 Å². The largest absolute Gasteiger partial charge is 0.482 e. The Balaban J connectivity index is 2.55. The van der Waals surface area contributed by atoms with E-state index in [1.165, 1.54) is 12.1 Å². The van der Waals surface area contributed by atoms with Crippen molar-refractivity contribution in [1.29, 1.82) is 0 Å². The highest BCUT2D eigenvalue weighted by Crippen LogP contribution is 2.33. The Labute approximate surface area is 133 Å². The normalized spacial score (nSPS) is 13.7. The third-order valence-electron chi connectivity index (χ3n) is 2.86. The minimum atomic E-state index is -0.306. The van der Waals surface area contributed by atoms with Crippen LogP contribution < -0.4 is 10.1 Å². The van der Waals surface area contributed by atoms with Gasteiger partial charge in [0, 0.05) is 18.7 Å². The molecule has 0 fully saturated rings. The van der Waals surface area contributed by atoms with E-state index in [9.17, 15) is 4.79 Å². The molecule has 2 N–H and O–H groups in total. The van der Waals surface area contributed by atoms with E-state index in [4.69, 9.17) is 44.6 Å². The highest BCUT2D eigenvalue weighted by atomic mass is 35.5. The molecular weight excluding hydrogens is 325 g/mol. The van der Waals surface area contributed by atoms with Gasteiger partial charge >= 0.3 is 0 Å². The number of carbonyl (C=O) groups excluding carboxylic acids is 1. The summed E-state index contributed by atoms with van der Waals surface area (Å²) in [5.41, 5.74) is 0. The Kier molecular flexibility index (Phi) is 6.89. The van der Waals surface area contributed by atoms with Crippen LogP contribution in [-0.4, -0.2) is 30.3 Å². The maximum absolute atomic E-state index is 11.7. The second-order valence-corrected chi connectivity index (χ2v) is 5.72. The first kappa shape index (κ1) is 17.4. The number of halogens is 3. The fourth-order valence-electron chi connectivity index (χ4n) is 1.35. The van der Waals surface area contributed by atoms with Crippen LogP contribution in [0.5, 0.6) is 5.75 Å². The Bertz CT molecular complexity index is 482. The zero-order valence-electron chi connectivity index (χ0n) is 11.1. The summed E-state index contributed by atoms with van der Waals surface area (Å²) in [6.07, 6.45) is 0. The van der Waals surface area contributed by atoms with Crippen molar-refractivity contribution in [3.8, 4) is 5.75 Å². The summed E-state index contributed by atoms with van der Waals surface area (Å²) in [4.78, 5) is 11.7. The quantitative estimate of drug-likeness (QED) is 0.782. The number of hydrogen-bond donors (Lipinski definition) is 2. The molecule has 0 bridgehead atoms. The molecule has 1 amide bonds. The molecule has 7 heteroatoms. The van der Waals surface area contributed by atoms with Gasteiger partial charge in [-0.15, -0.1) is 0 Å². The molecule has 1 aromatic rings. The number of rotatable bonds is 6. The van der Waals surface area contributed by atoms with E-state index in [0.717, 1.165) is 0 Å². The summed E-state index contributed by atoms with van der Waals surface area (Å²) in [5.74, 6) is -0.0495. The number of amides is 1. The van der Waals surface area contributed by atoms with Gasteiger partial charge < -0.3 is 15.2 Å². The summed E-state index contributed by atoms with van der Waals surface area (Å²) in [7, 11) is 0. The zero-order valence-corrected chi connectivity index (χ0v) is 13.4. The van der Waals surface area contributed by atoms with Crippen molar-refractivity contribution < 1.29 is 14.6 Å². The maximum atomic E-state index is 11.7. The highest BCUT2D eigenvalue weighted by molar-refractivity contribution is 6.43. The monoisotopic (exact) mass is 339 g/mol. The smallest absolute Gasteiger partial charge is 0.258 e. The van der Waals surface area contributed by atoms with E-state index in [2.05, 4.69) is 5.32 Å². The molecule has 112 valence electrons. The molecule has 20 heavy (non-hydrogen) atoms. The van der Waals surface area contributed by atoms with E-state index >= 15 is 0 Å². The standard InChI is InChI=1S/C13H16Cl3NO3/c1-7(5-18)8(2)17-13(19)6-20-12-4-10(15)9(14)3-11(12)16/h3-4,7-8,18H,5-6H2,1-2H3,(H,17,19). The average Bonchev–Trinajstić information content (AvgIpc) is 2.40. The number of aliphatic hydroxyl groups is 1. The van der Waals surface area contributed by atoms with Crippen LogP contribution in [0.25, 0.3) is 0 Å². The molecule has 0 saturated heterocycles. The van der Waals surface area contributed by atoms with Crippen LogP contribution in [0.1, 0.15) is 13.8 Å². The van der Waals surface area contributed by atoms with Gasteiger partial charge in [-0.25, -0.2) is 0 Å². The molecule has 2 atom stereocenters. The molecule has 0 aliphatic rings. The molecular formula is C13H16Cl3NO3. The fraction of sp³-hybridized carbons (Fsp3) is 0.462. The number of carbonyl (C=O) groups is 1. The third kappa shape index (κ3) is 5.02. The van der Waals surface area contributed by atoms with Gasteiger partial charge in [-0.1, -0.05) is 41.7 Å². The van der Waals surface area contributed by atoms with Crippen molar-refractivity contribution in [2.75, 3.05) is 13.2 Å². The number of benzene rings is 1. The van der Waals surface area contributed by atoms with E-state index in [0.29, 0.717) is 15.8 Å². The lowest BCUT2D eigenvalue weighted by atomic mass is 10.1. The second-order valence-electron chi connectivity index (χ2n) is 4.50. The van der Waals surface area contributed by atoms with Crippen LogP contribution in [-0.2, 0) is 4.79 Å². The lowest BCUT2D eigenvalue weighted by molar-refractivity contribution is -0.124.